The Labute approximate surface area is 140 Å². The molecular weight excluding hydrogens is 312 g/mol. The van der Waals surface area contributed by atoms with Crippen molar-refractivity contribution in [2.75, 3.05) is 0 Å². The Hall–Kier alpha value is -0.910. The maximum atomic E-state index is 10.9. The predicted molar refractivity (Wildman–Crippen MR) is 91.4 cm³/mol. The minimum absolute atomic E-state index is 0.184. The molecule has 0 saturated heterocycles. The van der Waals surface area contributed by atoms with E-state index < -0.39 is 10.1 Å². The van der Waals surface area contributed by atoms with Crippen molar-refractivity contribution in [3.63, 3.8) is 0 Å². The van der Waals surface area contributed by atoms with Crippen molar-refractivity contribution >= 4 is 10.1 Å². The van der Waals surface area contributed by atoms with Gasteiger partial charge in [-0.05, 0) is 42.9 Å². The molecule has 1 aromatic rings. The van der Waals surface area contributed by atoms with Crippen molar-refractivity contribution in [1.82, 2.24) is 0 Å². The van der Waals surface area contributed by atoms with Crippen molar-refractivity contribution in [2.24, 2.45) is 0 Å². The molecule has 0 bridgehead atoms. The standard InChI is InChI=1S/C18H30O4S/c1-3-4-5-6-9-17(19)10-7-8-15(2)16-11-13-18(14-12-16)23(20,21)22/h11-15,17,19H,3-10H2,1-2H3,(H,20,21,22)/p-1. The van der Waals surface area contributed by atoms with Crippen LogP contribution in [0.3, 0.4) is 0 Å². The number of unbranched alkanes of at least 4 members (excludes halogenated alkanes) is 3. The average Bonchev–Trinajstić information content (AvgIpc) is 2.51. The summed E-state index contributed by atoms with van der Waals surface area (Å²) in [5.41, 5.74) is 1.02. The number of hydrogen-bond acceptors (Lipinski definition) is 4. The molecule has 5 heteroatoms. The molecule has 0 aliphatic heterocycles. The molecule has 2 unspecified atom stereocenters. The van der Waals surface area contributed by atoms with Gasteiger partial charge in [-0.2, -0.15) is 0 Å². The van der Waals surface area contributed by atoms with Crippen LogP contribution in [0.15, 0.2) is 29.2 Å². The van der Waals surface area contributed by atoms with E-state index in [-0.39, 0.29) is 16.9 Å². The SMILES string of the molecule is CCCCCCC(O)CCCC(C)c1ccc(S(=O)(=O)[O-])cc1. The maximum Gasteiger partial charge on any atom is 0.124 e. The van der Waals surface area contributed by atoms with Gasteiger partial charge in [-0.25, -0.2) is 8.42 Å². The van der Waals surface area contributed by atoms with Gasteiger partial charge in [0, 0.05) is 0 Å². The zero-order valence-electron chi connectivity index (χ0n) is 14.2. The molecule has 0 amide bonds. The van der Waals surface area contributed by atoms with Crippen LogP contribution in [0, 0.1) is 0 Å². The van der Waals surface area contributed by atoms with E-state index in [2.05, 4.69) is 13.8 Å². The molecule has 0 heterocycles. The lowest BCUT2D eigenvalue weighted by Gasteiger charge is -2.15. The first kappa shape index (κ1) is 20.1. The van der Waals surface area contributed by atoms with Gasteiger partial charge in [0.25, 0.3) is 0 Å². The van der Waals surface area contributed by atoms with Gasteiger partial charge < -0.3 is 9.66 Å². The van der Waals surface area contributed by atoms with Crippen LogP contribution in [0.4, 0.5) is 0 Å². The molecule has 132 valence electrons. The number of aliphatic hydroxyl groups is 1. The summed E-state index contributed by atoms with van der Waals surface area (Å²) in [4.78, 5) is -0.184. The quantitative estimate of drug-likeness (QED) is 0.483. The van der Waals surface area contributed by atoms with E-state index in [1.165, 1.54) is 31.4 Å². The van der Waals surface area contributed by atoms with Gasteiger partial charge in [0.15, 0.2) is 0 Å². The van der Waals surface area contributed by atoms with Crippen molar-refractivity contribution in [1.29, 1.82) is 0 Å². The van der Waals surface area contributed by atoms with Crippen molar-refractivity contribution in [3.05, 3.63) is 29.8 Å². The molecule has 23 heavy (non-hydrogen) atoms. The zero-order valence-corrected chi connectivity index (χ0v) is 15.0. The second-order valence-corrected chi connectivity index (χ2v) is 7.74. The summed E-state index contributed by atoms with van der Waals surface area (Å²) in [5.74, 6) is 0.283. The Bertz CT molecular complexity index is 537. The summed E-state index contributed by atoms with van der Waals surface area (Å²) in [6.07, 6.45) is 8.08. The monoisotopic (exact) mass is 341 g/mol. The molecule has 0 spiro atoms. The van der Waals surface area contributed by atoms with E-state index in [0.29, 0.717) is 0 Å². The molecule has 0 radical (unpaired) electrons. The molecular formula is C18H29O4S-. The van der Waals surface area contributed by atoms with Gasteiger partial charge in [-0.15, -0.1) is 0 Å². The number of hydrogen-bond donors (Lipinski definition) is 1. The average molecular weight is 341 g/mol. The second kappa shape index (κ2) is 10.1. The van der Waals surface area contributed by atoms with Gasteiger partial charge in [-0.3, -0.25) is 0 Å². The third-order valence-electron chi connectivity index (χ3n) is 4.30. The fourth-order valence-electron chi connectivity index (χ4n) is 2.74. The highest BCUT2D eigenvalue weighted by Crippen LogP contribution is 2.23. The zero-order chi connectivity index (χ0) is 17.3. The van der Waals surface area contributed by atoms with Crippen molar-refractivity contribution in [2.45, 2.75) is 82.1 Å². The molecule has 0 aliphatic rings. The van der Waals surface area contributed by atoms with Crippen LogP contribution in [-0.2, 0) is 10.1 Å². The highest BCUT2D eigenvalue weighted by molar-refractivity contribution is 7.85. The molecule has 4 nitrogen and oxygen atoms in total. The minimum atomic E-state index is -4.37. The van der Waals surface area contributed by atoms with Crippen LogP contribution in [-0.4, -0.2) is 24.2 Å². The second-order valence-electron chi connectivity index (χ2n) is 6.36. The van der Waals surface area contributed by atoms with Crippen LogP contribution in [0.2, 0.25) is 0 Å². The van der Waals surface area contributed by atoms with Gasteiger partial charge in [-0.1, -0.05) is 58.1 Å². The lowest BCUT2D eigenvalue weighted by molar-refractivity contribution is 0.147. The first-order valence-electron chi connectivity index (χ1n) is 8.58. The number of benzene rings is 1. The van der Waals surface area contributed by atoms with Crippen molar-refractivity contribution in [3.8, 4) is 0 Å². The predicted octanol–water partition coefficient (Wildman–Crippen LogP) is 4.20. The summed E-state index contributed by atoms with van der Waals surface area (Å²) in [6, 6.07) is 6.15. The Morgan fingerprint density at radius 1 is 1.00 bits per heavy atom. The Kier molecular flexibility index (Phi) is 8.81. The molecule has 0 saturated carbocycles. The highest BCUT2D eigenvalue weighted by atomic mass is 32.2. The van der Waals surface area contributed by atoms with E-state index in [4.69, 9.17) is 0 Å². The smallest absolute Gasteiger partial charge is 0.124 e. The Balaban J connectivity index is 2.32. The first-order chi connectivity index (χ1) is 10.8. The third-order valence-corrected chi connectivity index (χ3v) is 5.15. The molecule has 0 aliphatic carbocycles. The topological polar surface area (TPSA) is 77.4 Å². The molecule has 2 atom stereocenters. The molecule has 0 aromatic heterocycles. The number of aliphatic hydroxyl groups excluding tert-OH is 1. The maximum absolute atomic E-state index is 10.9. The fraction of sp³-hybridized carbons (Fsp3) is 0.667. The highest BCUT2D eigenvalue weighted by Gasteiger charge is 2.09. The molecule has 1 N–H and O–H groups in total. The third kappa shape index (κ3) is 7.95. The van der Waals surface area contributed by atoms with E-state index in [0.717, 1.165) is 37.7 Å². The van der Waals surface area contributed by atoms with Gasteiger partial charge in [0.1, 0.15) is 10.1 Å². The normalized spacial score (nSPS) is 14.6. The van der Waals surface area contributed by atoms with Crippen LogP contribution < -0.4 is 0 Å². The molecule has 1 rings (SSSR count). The van der Waals surface area contributed by atoms with E-state index in [9.17, 15) is 18.1 Å². The van der Waals surface area contributed by atoms with Gasteiger partial charge in [0.05, 0.1) is 11.0 Å². The Morgan fingerprint density at radius 3 is 2.17 bits per heavy atom. The van der Waals surface area contributed by atoms with Crippen molar-refractivity contribution < 1.29 is 18.1 Å². The number of rotatable bonds is 11. The first-order valence-corrected chi connectivity index (χ1v) is 9.99. The van der Waals surface area contributed by atoms with Crippen LogP contribution in [0.5, 0.6) is 0 Å². The summed E-state index contributed by atoms with van der Waals surface area (Å²) < 4.78 is 32.7. The summed E-state index contributed by atoms with van der Waals surface area (Å²) in [6.45, 7) is 4.26. The summed E-state index contributed by atoms with van der Waals surface area (Å²) >= 11 is 0. The van der Waals surface area contributed by atoms with Crippen LogP contribution in [0.25, 0.3) is 0 Å². The van der Waals surface area contributed by atoms with Crippen LogP contribution >= 0.6 is 0 Å². The molecule has 1 aromatic carbocycles. The van der Waals surface area contributed by atoms with Crippen LogP contribution in [0.1, 0.15) is 76.7 Å². The lowest BCUT2D eigenvalue weighted by atomic mass is 9.94. The largest absolute Gasteiger partial charge is 0.744 e. The summed E-state index contributed by atoms with van der Waals surface area (Å²) in [7, 11) is -4.37. The Morgan fingerprint density at radius 2 is 1.61 bits per heavy atom. The van der Waals surface area contributed by atoms with Gasteiger partial charge in [0.2, 0.25) is 0 Å². The van der Waals surface area contributed by atoms with E-state index in [1.807, 2.05) is 0 Å². The van der Waals surface area contributed by atoms with E-state index in [1.54, 1.807) is 12.1 Å². The lowest BCUT2D eigenvalue weighted by Crippen LogP contribution is -2.07. The van der Waals surface area contributed by atoms with Gasteiger partial charge >= 0.3 is 0 Å². The minimum Gasteiger partial charge on any atom is -0.744 e. The summed E-state index contributed by atoms with van der Waals surface area (Å²) in [5, 5.41) is 9.96. The fourth-order valence-corrected chi connectivity index (χ4v) is 3.21. The van der Waals surface area contributed by atoms with E-state index >= 15 is 0 Å². The molecule has 0 fully saturated rings.